The van der Waals surface area contributed by atoms with Gasteiger partial charge in [0.2, 0.25) is 0 Å². The van der Waals surface area contributed by atoms with Gasteiger partial charge in [-0.15, -0.1) is 0 Å². The predicted octanol–water partition coefficient (Wildman–Crippen LogP) is 3.31. The highest BCUT2D eigenvalue weighted by molar-refractivity contribution is 9.10. The Labute approximate surface area is 119 Å². The SMILES string of the molecule is CCNC(Cc1c(Br)c(CC)nn1CC)C(F)(F)F. The number of rotatable bonds is 6. The van der Waals surface area contributed by atoms with Crippen LogP contribution in [0.2, 0.25) is 0 Å². The van der Waals surface area contributed by atoms with Gasteiger partial charge in [-0.05, 0) is 35.8 Å². The molecule has 1 aromatic heterocycles. The van der Waals surface area contributed by atoms with Crippen LogP contribution in [0.25, 0.3) is 0 Å². The van der Waals surface area contributed by atoms with Crippen molar-refractivity contribution in [3.05, 3.63) is 15.9 Å². The van der Waals surface area contributed by atoms with Crippen LogP contribution >= 0.6 is 15.9 Å². The molecule has 110 valence electrons. The summed E-state index contributed by atoms with van der Waals surface area (Å²) in [7, 11) is 0. The molecule has 0 radical (unpaired) electrons. The molecule has 0 saturated carbocycles. The zero-order valence-electron chi connectivity index (χ0n) is 11.3. The molecule has 1 unspecified atom stereocenters. The van der Waals surface area contributed by atoms with Crippen LogP contribution in [0.3, 0.4) is 0 Å². The normalized spacial score (nSPS) is 13.8. The summed E-state index contributed by atoms with van der Waals surface area (Å²) >= 11 is 3.37. The summed E-state index contributed by atoms with van der Waals surface area (Å²) in [6, 6.07) is -1.54. The first-order chi connectivity index (χ1) is 8.85. The second-order valence-corrected chi connectivity index (χ2v) is 5.03. The molecule has 7 heteroatoms. The fourth-order valence-corrected chi connectivity index (χ4v) is 2.68. The van der Waals surface area contributed by atoms with Gasteiger partial charge in [-0.1, -0.05) is 13.8 Å². The third-order valence-corrected chi connectivity index (χ3v) is 3.85. The van der Waals surface area contributed by atoms with Crippen molar-refractivity contribution in [3.63, 3.8) is 0 Å². The highest BCUT2D eigenvalue weighted by atomic mass is 79.9. The maximum atomic E-state index is 12.9. The van der Waals surface area contributed by atoms with Gasteiger partial charge in [-0.25, -0.2) is 0 Å². The molecule has 19 heavy (non-hydrogen) atoms. The van der Waals surface area contributed by atoms with E-state index < -0.39 is 12.2 Å². The van der Waals surface area contributed by atoms with Crippen molar-refractivity contribution in [1.82, 2.24) is 15.1 Å². The molecular formula is C12H19BrF3N3. The number of hydrogen-bond donors (Lipinski definition) is 1. The van der Waals surface area contributed by atoms with Crippen molar-refractivity contribution in [1.29, 1.82) is 0 Å². The Morgan fingerprint density at radius 2 is 1.95 bits per heavy atom. The van der Waals surface area contributed by atoms with E-state index in [-0.39, 0.29) is 13.0 Å². The van der Waals surface area contributed by atoms with Crippen LogP contribution in [-0.2, 0) is 19.4 Å². The van der Waals surface area contributed by atoms with Crippen molar-refractivity contribution in [2.24, 2.45) is 0 Å². The molecule has 1 aromatic rings. The Bertz CT molecular complexity index is 415. The lowest BCUT2D eigenvalue weighted by atomic mass is 10.1. The van der Waals surface area contributed by atoms with E-state index >= 15 is 0 Å². The van der Waals surface area contributed by atoms with Crippen molar-refractivity contribution in [3.8, 4) is 0 Å². The molecule has 1 heterocycles. The number of aryl methyl sites for hydroxylation is 2. The van der Waals surface area contributed by atoms with E-state index in [9.17, 15) is 13.2 Å². The van der Waals surface area contributed by atoms with Crippen molar-refractivity contribution in [2.75, 3.05) is 6.54 Å². The van der Waals surface area contributed by atoms with Gasteiger partial charge in [0, 0.05) is 13.0 Å². The minimum atomic E-state index is -4.26. The van der Waals surface area contributed by atoms with Crippen LogP contribution in [0.1, 0.15) is 32.2 Å². The molecule has 0 spiro atoms. The minimum Gasteiger partial charge on any atom is -0.306 e. The second-order valence-electron chi connectivity index (χ2n) is 4.23. The molecule has 1 N–H and O–H groups in total. The van der Waals surface area contributed by atoms with E-state index in [1.54, 1.807) is 11.6 Å². The minimum absolute atomic E-state index is 0.112. The first-order valence-electron chi connectivity index (χ1n) is 6.39. The molecule has 1 rings (SSSR count). The monoisotopic (exact) mass is 341 g/mol. The number of nitrogens with zero attached hydrogens (tertiary/aromatic N) is 2. The lowest BCUT2D eigenvalue weighted by Crippen LogP contribution is -2.44. The van der Waals surface area contributed by atoms with E-state index in [0.29, 0.717) is 23.1 Å². The molecule has 3 nitrogen and oxygen atoms in total. The number of nitrogens with one attached hydrogen (secondary N) is 1. The van der Waals surface area contributed by atoms with Crippen molar-refractivity contribution >= 4 is 15.9 Å². The largest absolute Gasteiger partial charge is 0.404 e. The number of hydrogen-bond acceptors (Lipinski definition) is 2. The number of halogens is 4. The summed E-state index contributed by atoms with van der Waals surface area (Å²) in [5.74, 6) is 0. The lowest BCUT2D eigenvalue weighted by Gasteiger charge is -2.21. The zero-order chi connectivity index (χ0) is 14.6. The highest BCUT2D eigenvalue weighted by Crippen LogP contribution is 2.28. The summed E-state index contributed by atoms with van der Waals surface area (Å²) < 4.78 is 41.2. The van der Waals surface area contributed by atoms with Gasteiger partial charge in [-0.3, -0.25) is 4.68 Å². The Morgan fingerprint density at radius 1 is 1.32 bits per heavy atom. The fourth-order valence-electron chi connectivity index (χ4n) is 1.96. The molecule has 0 bridgehead atoms. The second kappa shape index (κ2) is 6.74. The predicted molar refractivity (Wildman–Crippen MR) is 72.2 cm³/mol. The molecule has 0 saturated heterocycles. The maximum absolute atomic E-state index is 12.9. The Morgan fingerprint density at radius 3 is 2.37 bits per heavy atom. The molecular weight excluding hydrogens is 323 g/mol. The summed E-state index contributed by atoms with van der Waals surface area (Å²) in [6.45, 7) is 6.32. The first-order valence-corrected chi connectivity index (χ1v) is 7.18. The Kier molecular flexibility index (Phi) is 5.85. The molecule has 0 amide bonds. The van der Waals surface area contributed by atoms with Crippen LogP contribution in [0, 0.1) is 0 Å². The molecule has 0 aliphatic carbocycles. The van der Waals surface area contributed by atoms with E-state index in [1.165, 1.54) is 0 Å². The third-order valence-electron chi connectivity index (χ3n) is 2.94. The topological polar surface area (TPSA) is 29.9 Å². The molecule has 0 fully saturated rings. The third kappa shape index (κ3) is 3.95. The van der Waals surface area contributed by atoms with E-state index in [2.05, 4.69) is 26.3 Å². The summed E-state index contributed by atoms with van der Waals surface area (Å²) in [6.07, 6.45) is -3.68. The maximum Gasteiger partial charge on any atom is 0.404 e. The smallest absolute Gasteiger partial charge is 0.306 e. The molecule has 1 atom stereocenters. The Balaban J connectivity index is 3.05. The van der Waals surface area contributed by atoms with Crippen LogP contribution in [0.5, 0.6) is 0 Å². The fraction of sp³-hybridized carbons (Fsp3) is 0.750. The van der Waals surface area contributed by atoms with Crippen LogP contribution in [-0.4, -0.2) is 28.5 Å². The first kappa shape index (κ1) is 16.5. The van der Waals surface area contributed by atoms with Crippen LogP contribution in [0.15, 0.2) is 4.47 Å². The summed E-state index contributed by atoms with van der Waals surface area (Å²) in [5, 5.41) is 6.81. The quantitative estimate of drug-likeness (QED) is 0.860. The molecule has 0 aromatic carbocycles. The van der Waals surface area contributed by atoms with E-state index in [1.807, 2.05) is 13.8 Å². The van der Waals surface area contributed by atoms with Gasteiger partial charge in [0.15, 0.2) is 0 Å². The summed E-state index contributed by atoms with van der Waals surface area (Å²) in [4.78, 5) is 0. The van der Waals surface area contributed by atoms with Gasteiger partial charge >= 0.3 is 6.18 Å². The summed E-state index contributed by atoms with van der Waals surface area (Å²) in [5.41, 5.74) is 1.40. The standard InChI is InChI=1S/C12H19BrF3N3/c1-4-8-11(13)9(19(6-3)18-8)7-10(17-5-2)12(14,15)16/h10,17H,4-7H2,1-3H3. The Hall–Kier alpha value is -0.560. The number of alkyl halides is 3. The van der Waals surface area contributed by atoms with Gasteiger partial charge < -0.3 is 5.32 Å². The van der Waals surface area contributed by atoms with Gasteiger partial charge in [-0.2, -0.15) is 18.3 Å². The zero-order valence-corrected chi connectivity index (χ0v) is 12.9. The van der Waals surface area contributed by atoms with Gasteiger partial charge in [0.05, 0.1) is 15.9 Å². The highest BCUT2D eigenvalue weighted by Gasteiger charge is 2.40. The van der Waals surface area contributed by atoms with E-state index in [4.69, 9.17) is 0 Å². The van der Waals surface area contributed by atoms with Gasteiger partial charge in [0.1, 0.15) is 6.04 Å². The van der Waals surface area contributed by atoms with Crippen LogP contribution in [0.4, 0.5) is 13.2 Å². The van der Waals surface area contributed by atoms with Crippen molar-refractivity contribution in [2.45, 2.75) is 52.4 Å². The molecule has 0 aliphatic rings. The average molecular weight is 342 g/mol. The number of likely N-dealkylation sites (N-methyl/N-ethyl adjacent to an activating group) is 1. The lowest BCUT2D eigenvalue weighted by molar-refractivity contribution is -0.155. The van der Waals surface area contributed by atoms with E-state index in [0.717, 1.165) is 5.69 Å². The average Bonchev–Trinajstić information content (AvgIpc) is 2.64. The number of aromatic nitrogens is 2. The van der Waals surface area contributed by atoms with Crippen molar-refractivity contribution < 1.29 is 13.2 Å². The van der Waals surface area contributed by atoms with Gasteiger partial charge in [0.25, 0.3) is 0 Å². The van der Waals surface area contributed by atoms with Crippen LogP contribution < -0.4 is 5.32 Å². The molecule has 0 aliphatic heterocycles.